The minimum absolute atomic E-state index is 0.158. The highest BCUT2D eigenvalue weighted by molar-refractivity contribution is 5.86. The van der Waals surface area contributed by atoms with Gasteiger partial charge in [0.1, 0.15) is 22.9 Å². The molecule has 0 bridgehead atoms. The van der Waals surface area contributed by atoms with E-state index in [1.807, 2.05) is 0 Å². The van der Waals surface area contributed by atoms with Crippen molar-refractivity contribution in [3.63, 3.8) is 0 Å². The predicted molar refractivity (Wildman–Crippen MR) is 85.3 cm³/mol. The van der Waals surface area contributed by atoms with E-state index in [1.54, 1.807) is 20.8 Å². The SMILES string of the molecule is CC(C)(C)OC(=O)Nc1cc(F)c(-c2c(F)cccc2F)nc1CO. The number of aliphatic hydroxyl groups is 1. The summed E-state index contributed by atoms with van der Waals surface area (Å²) < 4.78 is 47.1. The first-order valence-electron chi connectivity index (χ1n) is 7.37. The van der Waals surface area contributed by atoms with Crippen LogP contribution in [0.2, 0.25) is 0 Å². The molecule has 2 rings (SSSR count). The maximum absolute atomic E-state index is 14.3. The highest BCUT2D eigenvalue weighted by Gasteiger charge is 2.22. The Morgan fingerprint density at radius 3 is 2.32 bits per heavy atom. The molecule has 0 aliphatic heterocycles. The van der Waals surface area contributed by atoms with Gasteiger partial charge in [-0.3, -0.25) is 5.32 Å². The maximum atomic E-state index is 14.3. The molecule has 0 unspecified atom stereocenters. The molecular formula is C17H17F3N2O3. The minimum Gasteiger partial charge on any atom is -0.444 e. The Hall–Kier alpha value is -2.61. The maximum Gasteiger partial charge on any atom is 0.412 e. The van der Waals surface area contributed by atoms with Gasteiger partial charge in [0.25, 0.3) is 0 Å². The summed E-state index contributed by atoms with van der Waals surface area (Å²) >= 11 is 0. The Morgan fingerprint density at radius 2 is 1.80 bits per heavy atom. The molecule has 0 aliphatic carbocycles. The summed E-state index contributed by atoms with van der Waals surface area (Å²) in [6.45, 7) is 4.24. The molecule has 2 N–H and O–H groups in total. The second-order valence-electron chi connectivity index (χ2n) is 6.19. The summed E-state index contributed by atoms with van der Waals surface area (Å²) in [6, 6.07) is 3.89. The third kappa shape index (κ3) is 4.48. The van der Waals surface area contributed by atoms with Crippen LogP contribution in [0.1, 0.15) is 26.5 Å². The van der Waals surface area contributed by atoms with Crippen LogP contribution in [0, 0.1) is 17.5 Å². The normalized spacial score (nSPS) is 11.3. The number of carbonyl (C=O) groups is 1. The molecule has 0 saturated carbocycles. The molecule has 5 nitrogen and oxygen atoms in total. The summed E-state index contributed by atoms with van der Waals surface area (Å²) in [5, 5.41) is 11.7. The van der Waals surface area contributed by atoms with E-state index >= 15 is 0 Å². The standard InChI is InChI=1S/C17H17F3N2O3/c1-17(2,3)25-16(24)22-12-7-11(20)15(21-13(12)8-23)14-9(18)5-4-6-10(14)19/h4-7,23H,8H2,1-3H3,(H,22,24). The van der Waals surface area contributed by atoms with Gasteiger partial charge in [-0.15, -0.1) is 0 Å². The number of nitrogens with one attached hydrogen (secondary N) is 1. The van der Waals surface area contributed by atoms with E-state index in [0.717, 1.165) is 24.3 Å². The Labute approximate surface area is 142 Å². The van der Waals surface area contributed by atoms with Gasteiger partial charge in [0.15, 0.2) is 5.82 Å². The van der Waals surface area contributed by atoms with Gasteiger partial charge in [0, 0.05) is 6.07 Å². The van der Waals surface area contributed by atoms with Gasteiger partial charge >= 0.3 is 6.09 Å². The number of aliphatic hydroxyl groups excluding tert-OH is 1. The Kier molecular flexibility index (Phi) is 5.32. The molecule has 0 aliphatic rings. The average molecular weight is 354 g/mol. The second-order valence-corrected chi connectivity index (χ2v) is 6.19. The van der Waals surface area contributed by atoms with E-state index in [1.165, 1.54) is 0 Å². The lowest BCUT2D eigenvalue weighted by molar-refractivity contribution is 0.0635. The van der Waals surface area contributed by atoms with Gasteiger partial charge in [0.2, 0.25) is 0 Å². The summed E-state index contributed by atoms with van der Waals surface area (Å²) in [4.78, 5) is 15.5. The van der Waals surface area contributed by atoms with Crippen LogP contribution < -0.4 is 5.32 Å². The summed E-state index contributed by atoms with van der Waals surface area (Å²) in [7, 11) is 0. The van der Waals surface area contributed by atoms with E-state index in [9.17, 15) is 23.1 Å². The number of nitrogens with zero attached hydrogens (tertiary/aromatic N) is 1. The molecule has 1 aromatic carbocycles. The zero-order valence-corrected chi connectivity index (χ0v) is 13.9. The second kappa shape index (κ2) is 7.10. The number of pyridine rings is 1. The molecule has 134 valence electrons. The number of hydrogen-bond acceptors (Lipinski definition) is 4. The third-order valence-electron chi connectivity index (χ3n) is 3.04. The van der Waals surface area contributed by atoms with Gasteiger partial charge in [-0.05, 0) is 32.9 Å². The Morgan fingerprint density at radius 1 is 1.20 bits per heavy atom. The van der Waals surface area contributed by atoms with Crippen LogP contribution in [0.4, 0.5) is 23.7 Å². The third-order valence-corrected chi connectivity index (χ3v) is 3.04. The smallest absolute Gasteiger partial charge is 0.412 e. The quantitative estimate of drug-likeness (QED) is 0.874. The first-order chi connectivity index (χ1) is 11.6. The number of rotatable bonds is 3. The van der Waals surface area contributed by atoms with Gasteiger partial charge in [-0.25, -0.2) is 22.9 Å². The Bertz CT molecular complexity index is 784. The van der Waals surface area contributed by atoms with Crippen LogP contribution in [-0.4, -0.2) is 21.8 Å². The van der Waals surface area contributed by atoms with Crippen LogP contribution in [-0.2, 0) is 11.3 Å². The van der Waals surface area contributed by atoms with Crippen molar-refractivity contribution in [1.29, 1.82) is 0 Å². The monoisotopic (exact) mass is 354 g/mol. The number of hydrogen-bond donors (Lipinski definition) is 2. The zero-order valence-electron chi connectivity index (χ0n) is 13.9. The fourth-order valence-electron chi connectivity index (χ4n) is 2.07. The summed E-state index contributed by atoms with van der Waals surface area (Å²) in [5.74, 6) is -3.06. The van der Waals surface area contributed by atoms with Gasteiger partial charge in [-0.2, -0.15) is 0 Å². The number of amides is 1. The molecule has 1 heterocycles. The number of halogens is 3. The highest BCUT2D eigenvalue weighted by Crippen LogP contribution is 2.30. The lowest BCUT2D eigenvalue weighted by atomic mass is 10.1. The molecule has 0 saturated heterocycles. The van der Waals surface area contributed by atoms with Gasteiger partial charge in [-0.1, -0.05) is 6.07 Å². The van der Waals surface area contributed by atoms with Crippen molar-refractivity contribution in [3.05, 3.63) is 47.4 Å². The van der Waals surface area contributed by atoms with E-state index in [0.29, 0.717) is 0 Å². The van der Waals surface area contributed by atoms with E-state index in [4.69, 9.17) is 4.74 Å². The van der Waals surface area contributed by atoms with Crippen LogP contribution in [0.3, 0.4) is 0 Å². The average Bonchev–Trinajstić information content (AvgIpc) is 2.47. The lowest BCUT2D eigenvalue weighted by Crippen LogP contribution is -2.27. The topological polar surface area (TPSA) is 71.5 Å². The molecule has 25 heavy (non-hydrogen) atoms. The Balaban J connectivity index is 2.44. The first kappa shape index (κ1) is 18.7. The lowest BCUT2D eigenvalue weighted by Gasteiger charge is -2.20. The van der Waals surface area contributed by atoms with Crippen molar-refractivity contribution in [2.75, 3.05) is 5.32 Å². The van der Waals surface area contributed by atoms with E-state index < -0.39 is 47.0 Å². The number of anilines is 1. The summed E-state index contributed by atoms with van der Waals surface area (Å²) in [5.41, 5.74) is -2.36. The predicted octanol–water partition coefficient (Wildman–Crippen LogP) is 4.01. The first-order valence-corrected chi connectivity index (χ1v) is 7.37. The van der Waals surface area contributed by atoms with Crippen molar-refractivity contribution >= 4 is 11.8 Å². The molecule has 1 aromatic heterocycles. The molecule has 1 amide bonds. The fourth-order valence-corrected chi connectivity index (χ4v) is 2.07. The van der Waals surface area contributed by atoms with E-state index in [-0.39, 0.29) is 11.4 Å². The zero-order chi connectivity index (χ0) is 18.8. The molecule has 0 spiro atoms. The van der Waals surface area contributed by atoms with Crippen LogP contribution in [0.5, 0.6) is 0 Å². The highest BCUT2D eigenvalue weighted by atomic mass is 19.1. The number of ether oxygens (including phenoxy) is 1. The minimum atomic E-state index is -1.06. The molecule has 0 atom stereocenters. The van der Waals surface area contributed by atoms with Gasteiger partial charge in [0.05, 0.1) is 23.6 Å². The fraction of sp³-hybridized carbons (Fsp3) is 0.294. The number of aromatic nitrogens is 1. The summed E-state index contributed by atoms with van der Waals surface area (Å²) in [6.07, 6.45) is -0.881. The molecule has 0 fully saturated rings. The van der Waals surface area contributed by atoms with Crippen LogP contribution in [0.25, 0.3) is 11.3 Å². The van der Waals surface area contributed by atoms with Crippen molar-refractivity contribution in [2.45, 2.75) is 33.0 Å². The molecular weight excluding hydrogens is 337 g/mol. The van der Waals surface area contributed by atoms with Crippen molar-refractivity contribution in [2.24, 2.45) is 0 Å². The van der Waals surface area contributed by atoms with Gasteiger partial charge < -0.3 is 9.84 Å². The van der Waals surface area contributed by atoms with Crippen LogP contribution >= 0.6 is 0 Å². The molecule has 0 radical (unpaired) electrons. The van der Waals surface area contributed by atoms with Crippen molar-refractivity contribution < 1.29 is 27.8 Å². The van der Waals surface area contributed by atoms with E-state index in [2.05, 4.69) is 10.3 Å². The molecule has 8 heteroatoms. The number of carbonyl (C=O) groups excluding carboxylic acids is 1. The largest absolute Gasteiger partial charge is 0.444 e. The number of benzene rings is 1. The van der Waals surface area contributed by atoms with Crippen molar-refractivity contribution in [3.8, 4) is 11.3 Å². The van der Waals surface area contributed by atoms with Crippen molar-refractivity contribution in [1.82, 2.24) is 4.98 Å². The van der Waals surface area contributed by atoms with Crippen LogP contribution in [0.15, 0.2) is 24.3 Å². The molecule has 2 aromatic rings.